The zero-order valence-corrected chi connectivity index (χ0v) is 17.3. The van der Waals surface area contributed by atoms with E-state index in [2.05, 4.69) is 15.4 Å². The average molecular weight is 418 g/mol. The molecule has 1 N–H and O–H groups in total. The molecule has 146 valence electrons. The molecule has 1 amide bonds. The number of fused-ring (bicyclic) bond motifs is 2. The van der Waals surface area contributed by atoms with Gasteiger partial charge in [0.2, 0.25) is 5.91 Å². The van der Waals surface area contributed by atoms with Crippen molar-refractivity contribution in [2.45, 2.75) is 43.9 Å². The van der Waals surface area contributed by atoms with Gasteiger partial charge in [-0.1, -0.05) is 23.4 Å². The van der Waals surface area contributed by atoms with Crippen molar-refractivity contribution in [1.82, 2.24) is 19.3 Å². The van der Waals surface area contributed by atoms with Gasteiger partial charge < -0.3 is 5.32 Å². The van der Waals surface area contributed by atoms with Gasteiger partial charge >= 0.3 is 0 Å². The Morgan fingerprint density at radius 1 is 1.32 bits per heavy atom. The van der Waals surface area contributed by atoms with Crippen LogP contribution < -0.4 is 10.9 Å². The highest BCUT2D eigenvalue weighted by molar-refractivity contribution is 7.99. The summed E-state index contributed by atoms with van der Waals surface area (Å²) < 4.78 is 3.40. The van der Waals surface area contributed by atoms with E-state index >= 15 is 0 Å². The molecule has 1 aliphatic rings. The first-order valence-corrected chi connectivity index (χ1v) is 10.3. The SMILES string of the molecule is CC(C)(C)n1ncc2c(=O)n3c(nc21)SCC3CC(=O)Nc1ccc(Cl)cc1. The van der Waals surface area contributed by atoms with Gasteiger partial charge in [-0.05, 0) is 45.0 Å². The topological polar surface area (TPSA) is 81.8 Å². The van der Waals surface area contributed by atoms with E-state index in [1.54, 1.807) is 39.7 Å². The molecular weight excluding hydrogens is 398 g/mol. The summed E-state index contributed by atoms with van der Waals surface area (Å²) >= 11 is 7.36. The fourth-order valence-electron chi connectivity index (χ4n) is 3.23. The number of halogens is 1. The Bertz CT molecular complexity index is 1110. The van der Waals surface area contributed by atoms with E-state index in [1.807, 2.05) is 20.8 Å². The van der Waals surface area contributed by atoms with E-state index in [-0.39, 0.29) is 29.5 Å². The molecule has 1 atom stereocenters. The van der Waals surface area contributed by atoms with Crippen LogP contribution in [-0.4, -0.2) is 31.0 Å². The van der Waals surface area contributed by atoms with Gasteiger partial charge in [0, 0.05) is 22.9 Å². The van der Waals surface area contributed by atoms with Crippen molar-refractivity contribution in [1.29, 1.82) is 0 Å². The van der Waals surface area contributed by atoms with E-state index in [1.165, 1.54) is 11.8 Å². The minimum absolute atomic E-state index is 0.148. The number of aromatic nitrogens is 4. The van der Waals surface area contributed by atoms with Crippen molar-refractivity contribution >= 4 is 46.0 Å². The number of carbonyl (C=O) groups is 1. The molecule has 3 aromatic rings. The van der Waals surface area contributed by atoms with Crippen LogP contribution in [-0.2, 0) is 10.3 Å². The highest BCUT2D eigenvalue weighted by Gasteiger charge is 2.30. The number of nitrogens with one attached hydrogen (secondary N) is 1. The number of amides is 1. The predicted octanol–water partition coefficient (Wildman–Crippen LogP) is 3.68. The third-order valence-corrected chi connectivity index (χ3v) is 5.90. The molecule has 4 rings (SSSR count). The zero-order valence-electron chi connectivity index (χ0n) is 15.8. The van der Waals surface area contributed by atoms with Crippen LogP contribution in [0.3, 0.4) is 0 Å². The summed E-state index contributed by atoms with van der Waals surface area (Å²) in [7, 11) is 0. The summed E-state index contributed by atoms with van der Waals surface area (Å²) in [6.07, 6.45) is 1.76. The first kappa shape index (κ1) is 19.0. The standard InChI is InChI=1S/C19H20ClN5O2S/c1-19(2,3)25-16-14(9-21-25)17(27)24-13(10-28-18(24)23-16)8-15(26)22-12-6-4-11(20)5-7-12/h4-7,9,13H,8,10H2,1-3H3,(H,22,26). The van der Waals surface area contributed by atoms with Crippen molar-refractivity contribution < 1.29 is 4.79 Å². The van der Waals surface area contributed by atoms with Crippen LogP contribution in [0.15, 0.2) is 40.4 Å². The number of thioether (sulfide) groups is 1. The molecule has 1 unspecified atom stereocenters. The molecule has 1 aromatic carbocycles. The summed E-state index contributed by atoms with van der Waals surface area (Å²) in [4.78, 5) is 30.2. The lowest BCUT2D eigenvalue weighted by atomic mass is 10.1. The molecule has 1 aliphatic heterocycles. The molecule has 3 heterocycles. The Morgan fingerprint density at radius 2 is 2.04 bits per heavy atom. The molecule has 7 nitrogen and oxygen atoms in total. The quantitative estimate of drug-likeness (QED) is 0.657. The monoisotopic (exact) mass is 417 g/mol. The molecular formula is C19H20ClN5O2S. The number of benzene rings is 1. The van der Waals surface area contributed by atoms with Crippen molar-refractivity contribution in [2.75, 3.05) is 11.1 Å². The van der Waals surface area contributed by atoms with Crippen molar-refractivity contribution in [3.63, 3.8) is 0 Å². The van der Waals surface area contributed by atoms with Crippen LogP contribution in [0, 0.1) is 0 Å². The zero-order chi connectivity index (χ0) is 20.1. The number of nitrogens with zero attached hydrogens (tertiary/aromatic N) is 4. The van der Waals surface area contributed by atoms with Gasteiger partial charge in [0.15, 0.2) is 10.8 Å². The van der Waals surface area contributed by atoms with Crippen LogP contribution in [0.4, 0.5) is 5.69 Å². The largest absolute Gasteiger partial charge is 0.326 e. The Labute approximate surface area is 171 Å². The van der Waals surface area contributed by atoms with E-state index in [0.717, 1.165) is 0 Å². The van der Waals surface area contributed by atoms with Crippen LogP contribution in [0.5, 0.6) is 0 Å². The lowest BCUT2D eigenvalue weighted by molar-refractivity contribution is -0.116. The van der Waals surface area contributed by atoms with Gasteiger partial charge in [-0.25, -0.2) is 9.67 Å². The molecule has 0 saturated heterocycles. The molecule has 9 heteroatoms. The molecule has 0 fully saturated rings. The fourth-order valence-corrected chi connectivity index (χ4v) is 4.49. The van der Waals surface area contributed by atoms with Crippen molar-refractivity contribution in [2.24, 2.45) is 0 Å². The smallest absolute Gasteiger partial charge is 0.265 e. The normalized spacial score (nSPS) is 16.4. The highest BCUT2D eigenvalue weighted by Crippen LogP contribution is 2.34. The molecule has 0 saturated carbocycles. The van der Waals surface area contributed by atoms with Crippen LogP contribution in [0.2, 0.25) is 5.02 Å². The Balaban J connectivity index is 1.61. The second-order valence-corrected chi connectivity index (χ2v) is 9.18. The molecule has 0 aliphatic carbocycles. The summed E-state index contributed by atoms with van der Waals surface area (Å²) in [6, 6.07) is 6.69. The van der Waals surface area contributed by atoms with E-state index < -0.39 is 0 Å². The van der Waals surface area contributed by atoms with E-state index in [0.29, 0.717) is 32.7 Å². The number of hydrogen-bond acceptors (Lipinski definition) is 5. The third kappa shape index (κ3) is 3.42. The first-order chi connectivity index (χ1) is 13.2. The number of anilines is 1. The minimum Gasteiger partial charge on any atom is -0.326 e. The van der Waals surface area contributed by atoms with E-state index in [4.69, 9.17) is 11.6 Å². The van der Waals surface area contributed by atoms with Crippen LogP contribution in [0.25, 0.3) is 11.0 Å². The van der Waals surface area contributed by atoms with Gasteiger partial charge in [-0.15, -0.1) is 0 Å². The molecule has 2 aromatic heterocycles. The van der Waals surface area contributed by atoms with Crippen LogP contribution >= 0.6 is 23.4 Å². The van der Waals surface area contributed by atoms with E-state index in [9.17, 15) is 9.59 Å². The summed E-state index contributed by atoms with van der Waals surface area (Å²) in [5.41, 5.74) is 0.835. The van der Waals surface area contributed by atoms with Crippen LogP contribution in [0.1, 0.15) is 33.2 Å². The lowest BCUT2D eigenvalue weighted by Gasteiger charge is -2.20. The molecule has 0 radical (unpaired) electrons. The fraction of sp³-hybridized carbons (Fsp3) is 0.368. The molecule has 0 spiro atoms. The Morgan fingerprint density at radius 3 is 2.71 bits per heavy atom. The average Bonchev–Trinajstić information content (AvgIpc) is 3.22. The maximum Gasteiger partial charge on any atom is 0.265 e. The van der Waals surface area contributed by atoms with Gasteiger partial charge in [-0.3, -0.25) is 14.2 Å². The summed E-state index contributed by atoms with van der Waals surface area (Å²) in [5, 5.41) is 8.92. The second-order valence-electron chi connectivity index (χ2n) is 7.76. The van der Waals surface area contributed by atoms with Crippen molar-refractivity contribution in [3.05, 3.63) is 45.8 Å². The van der Waals surface area contributed by atoms with Crippen molar-refractivity contribution in [3.8, 4) is 0 Å². The second kappa shape index (κ2) is 6.93. The highest BCUT2D eigenvalue weighted by atomic mass is 35.5. The Hall–Kier alpha value is -2.32. The maximum absolute atomic E-state index is 13.1. The lowest BCUT2D eigenvalue weighted by Crippen LogP contribution is -2.29. The summed E-state index contributed by atoms with van der Waals surface area (Å²) in [6.45, 7) is 6.05. The van der Waals surface area contributed by atoms with Gasteiger partial charge in [0.1, 0.15) is 5.39 Å². The minimum atomic E-state index is -0.277. The van der Waals surface area contributed by atoms with Gasteiger partial charge in [0.05, 0.1) is 17.8 Å². The number of carbonyl (C=O) groups excluding carboxylic acids is 1. The first-order valence-electron chi connectivity index (χ1n) is 8.93. The Kier molecular flexibility index (Phi) is 4.71. The predicted molar refractivity (Wildman–Crippen MR) is 111 cm³/mol. The maximum atomic E-state index is 13.1. The van der Waals surface area contributed by atoms with Gasteiger partial charge in [-0.2, -0.15) is 5.10 Å². The summed E-state index contributed by atoms with van der Waals surface area (Å²) in [5.74, 6) is 0.476. The molecule has 28 heavy (non-hydrogen) atoms. The number of hydrogen-bond donors (Lipinski definition) is 1. The van der Waals surface area contributed by atoms with Gasteiger partial charge in [0.25, 0.3) is 5.56 Å². The number of rotatable bonds is 3. The molecule has 0 bridgehead atoms. The third-order valence-electron chi connectivity index (χ3n) is 4.56.